The Bertz CT molecular complexity index is 1390. The van der Waals surface area contributed by atoms with E-state index in [0.717, 1.165) is 22.0 Å². The molecule has 0 saturated carbocycles. The van der Waals surface area contributed by atoms with E-state index in [4.69, 9.17) is 9.15 Å². The summed E-state index contributed by atoms with van der Waals surface area (Å²) in [4.78, 5) is 12.9. The van der Waals surface area contributed by atoms with Gasteiger partial charge in [0.05, 0.1) is 18.0 Å². The summed E-state index contributed by atoms with van der Waals surface area (Å²) in [6, 6.07) is 17.2. The number of carbonyl (C=O) groups excluding carboxylic acids is 1. The average molecular weight is 418 g/mol. The number of fused-ring (bicyclic) bond motifs is 4. The van der Waals surface area contributed by atoms with Crippen LogP contribution in [0.5, 0.6) is 5.75 Å². The maximum absolute atomic E-state index is 12.9. The van der Waals surface area contributed by atoms with Crippen LogP contribution in [0.2, 0.25) is 0 Å². The molecular weight excluding hydrogens is 400 g/mol. The first kappa shape index (κ1) is 18.5. The van der Waals surface area contributed by atoms with Crippen molar-refractivity contribution >= 4 is 50.9 Å². The second-order valence-electron chi connectivity index (χ2n) is 6.81. The fraction of sp³-hybridized carbons (Fsp3) is 0.136. The van der Waals surface area contributed by atoms with Gasteiger partial charge in [0.15, 0.2) is 10.8 Å². The average Bonchev–Trinajstić information content (AvgIpc) is 3.34. The van der Waals surface area contributed by atoms with Gasteiger partial charge >= 0.3 is 0 Å². The van der Waals surface area contributed by atoms with Crippen molar-refractivity contribution < 1.29 is 13.9 Å². The Labute approximate surface area is 176 Å². The molecule has 3 heterocycles. The number of amides is 1. The van der Waals surface area contributed by atoms with Crippen LogP contribution >= 0.6 is 11.8 Å². The van der Waals surface area contributed by atoms with E-state index in [1.807, 2.05) is 66.1 Å². The highest BCUT2D eigenvalue weighted by Crippen LogP contribution is 2.36. The lowest BCUT2D eigenvalue weighted by atomic mass is 10.1. The van der Waals surface area contributed by atoms with Crippen LogP contribution in [0, 0.1) is 0 Å². The van der Waals surface area contributed by atoms with Crippen LogP contribution in [0.1, 0.15) is 6.92 Å². The summed E-state index contributed by atoms with van der Waals surface area (Å²) in [5.74, 6) is 0.411. The van der Waals surface area contributed by atoms with Gasteiger partial charge in [-0.15, -0.1) is 10.2 Å². The Kier molecular flexibility index (Phi) is 4.55. The first-order valence-corrected chi connectivity index (χ1v) is 10.3. The lowest BCUT2D eigenvalue weighted by Gasteiger charge is -2.13. The van der Waals surface area contributed by atoms with Crippen LogP contribution in [0.3, 0.4) is 0 Å². The number of hydrogen-bond acceptors (Lipinski definition) is 6. The van der Waals surface area contributed by atoms with Gasteiger partial charge in [0.2, 0.25) is 5.91 Å². The Balaban J connectivity index is 1.42. The molecular formula is C22H18N4O3S. The molecule has 3 aromatic heterocycles. The molecule has 30 heavy (non-hydrogen) atoms. The normalized spacial score (nSPS) is 12.5. The van der Waals surface area contributed by atoms with Gasteiger partial charge in [0.1, 0.15) is 16.9 Å². The van der Waals surface area contributed by atoms with Crippen molar-refractivity contribution in [1.29, 1.82) is 0 Å². The molecule has 5 aromatic rings. The third kappa shape index (κ3) is 3.15. The molecule has 0 unspecified atom stereocenters. The number of thioether (sulfide) groups is 1. The molecule has 0 aliphatic heterocycles. The molecule has 0 saturated heterocycles. The second kappa shape index (κ2) is 7.38. The highest BCUT2D eigenvalue weighted by molar-refractivity contribution is 8.00. The molecule has 150 valence electrons. The second-order valence-corrected chi connectivity index (χ2v) is 8.12. The number of nitrogens with zero attached hydrogens (tertiary/aromatic N) is 3. The summed E-state index contributed by atoms with van der Waals surface area (Å²) >= 11 is 1.34. The molecule has 5 rings (SSSR count). The van der Waals surface area contributed by atoms with Crippen molar-refractivity contribution in [3.05, 3.63) is 60.8 Å². The van der Waals surface area contributed by atoms with Crippen LogP contribution in [-0.2, 0) is 4.79 Å². The number of methoxy groups -OCH3 is 1. The van der Waals surface area contributed by atoms with E-state index < -0.39 is 5.25 Å². The summed E-state index contributed by atoms with van der Waals surface area (Å²) in [5.41, 5.74) is 2.79. The standard InChI is InChI=1S/C22H18N4O3S/c1-13(30-22-25-24-20-9-5-6-10-26(20)22)21(27)23-16-12-18-15(11-19(16)28-2)14-7-3-4-8-17(14)29-18/h3-13H,1-2H3,(H,23,27)/t13-/m0/s1. The smallest absolute Gasteiger partial charge is 0.237 e. The number of pyridine rings is 1. The number of nitrogens with one attached hydrogen (secondary N) is 1. The van der Waals surface area contributed by atoms with E-state index in [2.05, 4.69) is 15.5 Å². The molecule has 0 fully saturated rings. The maximum atomic E-state index is 12.9. The zero-order valence-electron chi connectivity index (χ0n) is 16.3. The Hall–Kier alpha value is -3.52. The van der Waals surface area contributed by atoms with E-state index in [1.54, 1.807) is 13.2 Å². The van der Waals surface area contributed by atoms with Crippen LogP contribution in [0.25, 0.3) is 27.6 Å². The predicted molar refractivity (Wildman–Crippen MR) is 117 cm³/mol. The number of carbonyl (C=O) groups is 1. The van der Waals surface area contributed by atoms with Crippen molar-refractivity contribution in [2.45, 2.75) is 17.3 Å². The third-order valence-electron chi connectivity index (χ3n) is 4.89. The summed E-state index contributed by atoms with van der Waals surface area (Å²) < 4.78 is 13.3. The van der Waals surface area contributed by atoms with E-state index in [0.29, 0.717) is 22.2 Å². The van der Waals surface area contributed by atoms with Gasteiger partial charge in [-0.25, -0.2) is 0 Å². The predicted octanol–water partition coefficient (Wildman–Crippen LogP) is 4.76. The van der Waals surface area contributed by atoms with Crippen molar-refractivity contribution in [1.82, 2.24) is 14.6 Å². The molecule has 0 bridgehead atoms. The quantitative estimate of drug-likeness (QED) is 0.415. The van der Waals surface area contributed by atoms with Gasteiger partial charge < -0.3 is 14.5 Å². The topological polar surface area (TPSA) is 81.7 Å². The van der Waals surface area contributed by atoms with Crippen LogP contribution < -0.4 is 10.1 Å². The summed E-state index contributed by atoms with van der Waals surface area (Å²) in [7, 11) is 1.58. The van der Waals surface area contributed by atoms with Crippen molar-refractivity contribution in [2.75, 3.05) is 12.4 Å². The molecule has 8 heteroatoms. The Morgan fingerprint density at radius 2 is 1.93 bits per heavy atom. The number of ether oxygens (including phenoxy) is 1. The van der Waals surface area contributed by atoms with Crippen LogP contribution in [0.15, 0.2) is 70.4 Å². The Morgan fingerprint density at radius 1 is 1.10 bits per heavy atom. The fourth-order valence-corrected chi connectivity index (χ4v) is 4.20. The largest absolute Gasteiger partial charge is 0.495 e. The summed E-state index contributed by atoms with van der Waals surface area (Å²) in [5, 5.41) is 13.5. The van der Waals surface area contributed by atoms with Gasteiger partial charge in [-0.1, -0.05) is 36.0 Å². The SMILES string of the molecule is COc1cc2c(cc1NC(=O)[C@H](C)Sc1nnc3ccccn13)oc1ccccc12. The van der Waals surface area contributed by atoms with Gasteiger partial charge in [-0.05, 0) is 31.2 Å². The van der Waals surface area contributed by atoms with E-state index in [1.165, 1.54) is 11.8 Å². The van der Waals surface area contributed by atoms with Gasteiger partial charge in [-0.2, -0.15) is 0 Å². The fourth-order valence-electron chi connectivity index (χ4n) is 3.36. The lowest BCUT2D eigenvalue weighted by Crippen LogP contribution is -2.23. The molecule has 0 radical (unpaired) electrons. The minimum atomic E-state index is -0.395. The first-order chi connectivity index (χ1) is 14.6. The molecule has 1 amide bonds. The molecule has 0 aliphatic carbocycles. The number of furan rings is 1. The maximum Gasteiger partial charge on any atom is 0.237 e. The van der Waals surface area contributed by atoms with Gasteiger partial charge in [-0.3, -0.25) is 9.20 Å². The lowest BCUT2D eigenvalue weighted by molar-refractivity contribution is -0.115. The molecule has 2 aromatic carbocycles. The number of rotatable bonds is 5. The van der Waals surface area contributed by atoms with Crippen molar-refractivity contribution in [3.8, 4) is 5.75 Å². The van der Waals surface area contributed by atoms with Gasteiger partial charge in [0, 0.05) is 23.0 Å². The zero-order valence-corrected chi connectivity index (χ0v) is 17.1. The molecule has 7 nitrogen and oxygen atoms in total. The number of benzene rings is 2. The van der Waals surface area contributed by atoms with Crippen molar-refractivity contribution in [3.63, 3.8) is 0 Å². The van der Waals surface area contributed by atoms with Gasteiger partial charge in [0.25, 0.3) is 0 Å². The third-order valence-corrected chi connectivity index (χ3v) is 5.95. The summed E-state index contributed by atoms with van der Waals surface area (Å²) in [6.45, 7) is 1.83. The number of aromatic nitrogens is 3. The number of para-hydroxylation sites is 1. The minimum absolute atomic E-state index is 0.165. The molecule has 1 atom stereocenters. The van der Waals surface area contributed by atoms with Crippen LogP contribution in [-0.4, -0.2) is 32.9 Å². The monoisotopic (exact) mass is 418 g/mol. The molecule has 1 N–H and O–H groups in total. The zero-order chi connectivity index (χ0) is 20.7. The van der Waals surface area contributed by atoms with Crippen molar-refractivity contribution in [2.24, 2.45) is 0 Å². The van der Waals surface area contributed by atoms with Crippen LogP contribution in [0.4, 0.5) is 5.69 Å². The number of hydrogen-bond donors (Lipinski definition) is 1. The minimum Gasteiger partial charge on any atom is -0.495 e. The molecule has 0 aliphatic rings. The highest BCUT2D eigenvalue weighted by atomic mass is 32.2. The van der Waals surface area contributed by atoms with E-state index in [9.17, 15) is 4.79 Å². The summed E-state index contributed by atoms with van der Waals surface area (Å²) in [6.07, 6.45) is 1.88. The van der Waals surface area contributed by atoms with E-state index in [-0.39, 0.29) is 5.91 Å². The number of anilines is 1. The highest BCUT2D eigenvalue weighted by Gasteiger charge is 2.20. The van der Waals surface area contributed by atoms with E-state index >= 15 is 0 Å². The first-order valence-electron chi connectivity index (χ1n) is 9.40. The molecule has 0 spiro atoms. The Morgan fingerprint density at radius 3 is 2.80 bits per heavy atom.